The number of hydrogen-bond donors (Lipinski definition) is 3. The lowest BCUT2D eigenvalue weighted by Gasteiger charge is -2.20. The molecule has 0 radical (unpaired) electrons. The lowest BCUT2D eigenvalue weighted by atomic mass is 9.99. The fourth-order valence-electron chi connectivity index (χ4n) is 4.34. The average molecular weight is 574 g/mol. The number of nitrogens with one attached hydrogen (secondary N) is 2. The number of rotatable bonds is 14. The smallest absolute Gasteiger partial charge is 0.254 e. The van der Waals surface area contributed by atoms with Gasteiger partial charge in [0.1, 0.15) is 29.8 Å². The number of hydrogen-bond acceptors (Lipinski definition) is 5. The van der Waals surface area contributed by atoms with Crippen LogP contribution in [0.25, 0.3) is 11.1 Å². The second-order valence-electron chi connectivity index (χ2n) is 9.40. The van der Waals surface area contributed by atoms with Crippen LogP contribution < -0.4 is 15.8 Å². The number of amidine groups is 1. The van der Waals surface area contributed by atoms with Gasteiger partial charge in [-0.25, -0.2) is 8.78 Å². The Hall–Kier alpha value is -4.60. The van der Waals surface area contributed by atoms with Crippen molar-refractivity contribution in [3.8, 4) is 16.9 Å². The van der Waals surface area contributed by atoms with Crippen molar-refractivity contribution in [3.05, 3.63) is 125 Å². The third-order valence-corrected chi connectivity index (χ3v) is 6.44. The second-order valence-corrected chi connectivity index (χ2v) is 9.40. The number of carbonyl (C=O) groups is 1. The Labute approximate surface area is 243 Å². The summed E-state index contributed by atoms with van der Waals surface area (Å²) in [5.74, 6) is -2.13. The summed E-state index contributed by atoms with van der Waals surface area (Å²) in [7, 11) is 0. The zero-order valence-corrected chi connectivity index (χ0v) is 23.2. The van der Waals surface area contributed by atoms with Crippen molar-refractivity contribution < 1.29 is 27.8 Å². The lowest BCUT2D eigenvalue weighted by molar-refractivity contribution is -0.133. The van der Waals surface area contributed by atoms with E-state index >= 15 is 8.78 Å². The Morgan fingerprint density at radius 3 is 2.24 bits per heavy atom. The molecule has 0 saturated carbocycles. The summed E-state index contributed by atoms with van der Waals surface area (Å²) < 4.78 is 48.0. The van der Waals surface area contributed by atoms with E-state index in [9.17, 15) is 4.79 Å². The van der Waals surface area contributed by atoms with E-state index in [2.05, 4.69) is 5.32 Å². The normalized spacial score (nSPS) is 11.6. The van der Waals surface area contributed by atoms with Gasteiger partial charge < -0.3 is 25.3 Å². The first kappa shape index (κ1) is 30.4. The molecule has 42 heavy (non-hydrogen) atoms. The van der Waals surface area contributed by atoms with Crippen LogP contribution in [0.2, 0.25) is 0 Å². The first-order chi connectivity index (χ1) is 20.4. The van der Waals surface area contributed by atoms with Gasteiger partial charge in [-0.2, -0.15) is 0 Å². The fraction of sp³-hybridized carbons (Fsp3) is 0.212. The molecule has 4 aromatic rings. The van der Waals surface area contributed by atoms with Gasteiger partial charge in [0.2, 0.25) is 0 Å². The monoisotopic (exact) mass is 573 g/mol. The van der Waals surface area contributed by atoms with Crippen LogP contribution in [0, 0.1) is 17.0 Å². The Balaban J connectivity index is 1.44. The maximum atomic E-state index is 15.5. The molecule has 0 aliphatic carbocycles. The van der Waals surface area contributed by atoms with Crippen LogP contribution in [0.3, 0.4) is 0 Å². The van der Waals surface area contributed by atoms with Crippen LogP contribution in [0.1, 0.15) is 35.3 Å². The fourth-order valence-corrected chi connectivity index (χ4v) is 4.34. The topological polar surface area (TPSA) is 107 Å². The zero-order valence-electron chi connectivity index (χ0n) is 23.2. The van der Waals surface area contributed by atoms with Crippen molar-refractivity contribution in [2.45, 2.75) is 26.2 Å². The van der Waals surface area contributed by atoms with Gasteiger partial charge >= 0.3 is 0 Å². The number of benzene rings is 4. The quantitative estimate of drug-likeness (QED) is 0.0989. The van der Waals surface area contributed by atoms with Crippen LogP contribution in [0.4, 0.5) is 8.78 Å². The highest BCUT2D eigenvalue weighted by atomic mass is 19.1. The van der Waals surface area contributed by atoms with E-state index in [1.165, 1.54) is 12.1 Å². The Kier molecular flexibility index (Phi) is 10.7. The van der Waals surface area contributed by atoms with E-state index in [-0.39, 0.29) is 31.2 Å². The first-order valence-electron chi connectivity index (χ1n) is 13.5. The van der Waals surface area contributed by atoms with Crippen LogP contribution in [0.15, 0.2) is 91.0 Å². The predicted molar refractivity (Wildman–Crippen MR) is 157 cm³/mol. The van der Waals surface area contributed by atoms with Gasteiger partial charge in [0.05, 0.1) is 18.8 Å². The minimum absolute atomic E-state index is 0.0645. The molecule has 9 heteroatoms. The second kappa shape index (κ2) is 14.9. The van der Waals surface area contributed by atoms with Crippen molar-refractivity contribution in [1.29, 1.82) is 5.41 Å². The summed E-state index contributed by atoms with van der Waals surface area (Å²) in [5.41, 5.74) is 8.07. The van der Waals surface area contributed by atoms with Gasteiger partial charge in [0, 0.05) is 24.3 Å². The summed E-state index contributed by atoms with van der Waals surface area (Å²) in [6.45, 7) is 2.83. The molecule has 0 saturated heterocycles. The van der Waals surface area contributed by atoms with Crippen LogP contribution in [0.5, 0.6) is 5.75 Å². The van der Waals surface area contributed by atoms with E-state index < -0.39 is 29.2 Å². The maximum absolute atomic E-state index is 15.5. The van der Waals surface area contributed by atoms with Gasteiger partial charge in [-0.05, 0) is 41.8 Å². The molecule has 0 fully saturated rings. The van der Waals surface area contributed by atoms with Crippen LogP contribution >= 0.6 is 0 Å². The van der Waals surface area contributed by atoms with E-state index in [1.807, 2.05) is 30.3 Å². The molecule has 0 bridgehead atoms. The third-order valence-electron chi connectivity index (χ3n) is 6.44. The molecule has 218 valence electrons. The molecule has 4 N–H and O–H groups in total. The number of para-hydroxylation sites is 1. The van der Waals surface area contributed by atoms with Crippen LogP contribution in [-0.2, 0) is 27.4 Å². The van der Waals surface area contributed by atoms with E-state index in [0.717, 1.165) is 11.1 Å². The summed E-state index contributed by atoms with van der Waals surface area (Å²) >= 11 is 0. The molecule has 4 rings (SSSR count). The Morgan fingerprint density at radius 1 is 0.905 bits per heavy atom. The molecule has 1 amide bonds. The highest BCUT2D eigenvalue weighted by Gasteiger charge is 2.28. The average Bonchev–Trinajstić information content (AvgIpc) is 3.00. The zero-order chi connectivity index (χ0) is 29.9. The molecule has 0 aromatic heterocycles. The van der Waals surface area contributed by atoms with Crippen molar-refractivity contribution in [2.75, 3.05) is 19.8 Å². The minimum Gasteiger partial charge on any atom is -0.491 e. The van der Waals surface area contributed by atoms with Gasteiger partial charge in [0.25, 0.3) is 5.91 Å². The number of nitrogen functional groups attached to an aromatic ring is 1. The summed E-state index contributed by atoms with van der Waals surface area (Å²) in [6, 6.07) is 25.8. The van der Waals surface area contributed by atoms with E-state index in [0.29, 0.717) is 30.1 Å². The van der Waals surface area contributed by atoms with Crippen molar-refractivity contribution in [3.63, 3.8) is 0 Å². The molecule has 0 aliphatic rings. The molecular weight excluding hydrogens is 540 g/mol. The summed E-state index contributed by atoms with van der Waals surface area (Å²) in [6.07, 6.45) is -1.49. The molecule has 7 nitrogen and oxygen atoms in total. The first-order valence-corrected chi connectivity index (χ1v) is 13.5. The Morgan fingerprint density at radius 2 is 1.57 bits per heavy atom. The van der Waals surface area contributed by atoms with Gasteiger partial charge in [-0.1, -0.05) is 72.8 Å². The third kappa shape index (κ3) is 7.99. The van der Waals surface area contributed by atoms with E-state index in [4.69, 9.17) is 25.4 Å². The van der Waals surface area contributed by atoms with Crippen molar-refractivity contribution in [2.24, 2.45) is 5.73 Å². The van der Waals surface area contributed by atoms with E-state index in [1.54, 1.807) is 55.5 Å². The SMILES string of the molecule is CCO[C@H](C(=O)NCc1ccc(C(=N)N)cc1)c1c(F)cc(-c2ccccc2OCCOCc2ccccc2)cc1F. The van der Waals surface area contributed by atoms with Gasteiger partial charge in [-0.3, -0.25) is 10.2 Å². The number of ether oxygens (including phenoxy) is 3. The molecule has 0 heterocycles. The highest BCUT2D eigenvalue weighted by Crippen LogP contribution is 2.34. The van der Waals surface area contributed by atoms with Crippen molar-refractivity contribution >= 4 is 11.7 Å². The summed E-state index contributed by atoms with van der Waals surface area (Å²) in [5, 5.41) is 10.1. The largest absolute Gasteiger partial charge is 0.491 e. The number of nitrogens with two attached hydrogens (primary N) is 1. The predicted octanol–water partition coefficient (Wildman–Crippen LogP) is 5.91. The lowest BCUT2D eigenvalue weighted by Crippen LogP contribution is -2.31. The molecule has 0 aliphatic heterocycles. The molecule has 4 aromatic carbocycles. The highest BCUT2D eigenvalue weighted by molar-refractivity contribution is 5.94. The molecule has 1 atom stereocenters. The van der Waals surface area contributed by atoms with Gasteiger partial charge in [-0.15, -0.1) is 0 Å². The van der Waals surface area contributed by atoms with Gasteiger partial charge in [0.15, 0.2) is 6.10 Å². The molecule has 0 spiro atoms. The van der Waals surface area contributed by atoms with Crippen LogP contribution in [-0.4, -0.2) is 31.6 Å². The minimum atomic E-state index is -1.49. The standard InChI is InChI=1S/C33H33F2N3O4/c1-2-41-31(33(39)38-20-22-12-14-24(15-13-22)32(36)37)30-27(34)18-25(19-28(30)35)26-10-6-7-11-29(26)42-17-16-40-21-23-8-4-3-5-9-23/h3-15,18-19,31H,2,16-17,20-21H2,1H3,(H3,36,37)(H,38,39)/t31-/m0/s1. The number of amides is 1. The number of carbonyl (C=O) groups excluding carboxylic acids is 1. The summed E-state index contributed by atoms with van der Waals surface area (Å²) in [4.78, 5) is 13.0. The number of halogens is 2. The molecular formula is C33H33F2N3O4. The Bertz CT molecular complexity index is 1470. The van der Waals surface area contributed by atoms with Crippen molar-refractivity contribution in [1.82, 2.24) is 5.32 Å². The molecule has 0 unspecified atom stereocenters. The maximum Gasteiger partial charge on any atom is 0.254 e.